The van der Waals surface area contributed by atoms with Crippen LogP contribution in [0.5, 0.6) is 0 Å². The Morgan fingerprint density at radius 3 is 2.65 bits per heavy atom. The Morgan fingerprint density at radius 1 is 1.13 bits per heavy atom. The number of nitrogens with one attached hydrogen (secondary N) is 2. The van der Waals surface area contributed by atoms with Gasteiger partial charge in [-0.15, -0.1) is 0 Å². The van der Waals surface area contributed by atoms with Gasteiger partial charge in [0, 0.05) is 45.1 Å². The molecular weight excluding hydrogens is 386 g/mol. The second kappa shape index (κ2) is 12.7. The lowest BCUT2D eigenvalue weighted by Gasteiger charge is -2.30. The zero-order valence-electron chi connectivity index (χ0n) is 19.5. The van der Waals surface area contributed by atoms with Crippen LogP contribution in [-0.2, 0) is 11.2 Å². The molecule has 2 fully saturated rings. The van der Waals surface area contributed by atoms with E-state index in [1.54, 1.807) is 0 Å². The monoisotopic (exact) mass is 427 g/mol. The van der Waals surface area contributed by atoms with Crippen molar-refractivity contribution in [2.45, 2.75) is 46.0 Å². The highest BCUT2D eigenvalue weighted by Gasteiger charge is 2.29. The quantitative estimate of drug-likeness (QED) is 0.342. The number of carbonyl (C=O) groups is 1. The van der Waals surface area contributed by atoms with Gasteiger partial charge in [0.25, 0.3) is 0 Å². The topological polar surface area (TPSA) is 60.0 Å². The largest absolute Gasteiger partial charge is 0.357 e. The number of carbonyl (C=O) groups excluding carboxylic acids is 1. The number of amides is 1. The predicted octanol–water partition coefficient (Wildman–Crippen LogP) is 2.75. The molecule has 1 amide bonds. The second-order valence-corrected chi connectivity index (χ2v) is 9.17. The molecule has 1 unspecified atom stereocenters. The first-order chi connectivity index (χ1) is 15.1. The van der Waals surface area contributed by atoms with Crippen LogP contribution in [0.2, 0.25) is 0 Å². The number of hydrogen-bond acceptors (Lipinski definition) is 3. The van der Waals surface area contributed by atoms with Gasteiger partial charge in [0.15, 0.2) is 5.96 Å². The Bertz CT molecular complexity index is 684. The molecule has 172 valence electrons. The van der Waals surface area contributed by atoms with Crippen LogP contribution in [0.1, 0.15) is 45.1 Å². The van der Waals surface area contributed by atoms with Crippen molar-refractivity contribution in [2.75, 3.05) is 52.4 Å². The van der Waals surface area contributed by atoms with Crippen LogP contribution in [-0.4, -0.2) is 74.0 Å². The van der Waals surface area contributed by atoms with Crippen molar-refractivity contribution in [3.63, 3.8) is 0 Å². The molecule has 2 heterocycles. The van der Waals surface area contributed by atoms with Crippen molar-refractivity contribution in [2.24, 2.45) is 16.8 Å². The van der Waals surface area contributed by atoms with E-state index in [0.29, 0.717) is 18.9 Å². The predicted molar refractivity (Wildman–Crippen MR) is 128 cm³/mol. The molecule has 1 atom stereocenters. The Balaban J connectivity index is 1.36. The van der Waals surface area contributed by atoms with Crippen molar-refractivity contribution < 1.29 is 4.79 Å². The molecule has 0 aliphatic carbocycles. The maximum Gasteiger partial charge on any atom is 0.223 e. The molecule has 0 radical (unpaired) electrons. The van der Waals surface area contributed by atoms with Gasteiger partial charge in [-0.1, -0.05) is 37.3 Å². The summed E-state index contributed by atoms with van der Waals surface area (Å²) in [6.45, 7) is 12.2. The molecule has 1 aromatic rings. The first-order valence-corrected chi connectivity index (χ1v) is 12.2. The smallest absolute Gasteiger partial charge is 0.223 e. The minimum atomic E-state index is 0.268. The van der Waals surface area contributed by atoms with Gasteiger partial charge in [-0.2, -0.15) is 0 Å². The lowest BCUT2D eigenvalue weighted by Crippen LogP contribution is -2.40. The summed E-state index contributed by atoms with van der Waals surface area (Å²) >= 11 is 0. The normalized spacial score (nSPS) is 21.0. The lowest BCUT2D eigenvalue weighted by atomic mass is 9.99. The SMILES string of the molecule is CCNC(=NCC1CC(=O)N(CCc2ccccc2)C1)NCCCN1CCC(C)CC1. The highest BCUT2D eigenvalue weighted by atomic mass is 16.2. The van der Waals surface area contributed by atoms with Crippen LogP contribution in [0.3, 0.4) is 0 Å². The van der Waals surface area contributed by atoms with Gasteiger partial charge in [-0.25, -0.2) is 0 Å². The molecule has 0 saturated carbocycles. The van der Waals surface area contributed by atoms with Crippen molar-refractivity contribution in [1.29, 1.82) is 0 Å². The third-order valence-electron chi connectivity index (χ3n) is 6.48. The number of benzene rings is 1. The molecule has 0 aromatic heterocycles. The minimum absolute atomic E-state index is 0.268. The Hall–Kier alpha value is -2.08. The maximum absolute atomic E-state index is 12.4. The molecule has 2 N–H and O–H groups in total. The van der Waals surface area contributed by atoms with Gasteiger partial charge in [0.05, 0.1) is 0 Å². The van der Waals surface area contributed by atoms with Gasteiger partial charge in [-0.05, 0) is 63.7 Å². The molecule has 31 heavy (non-hydrogen) atoms. The number of nitrogens with zero attached hydrogens (tertiary/aromatic N) is 3. The van der Waals surface area contributed by atoms with Gasteiger partial charge >= 0.3 is 0 Å². The number of piperidine rings is 1. The molecule has 2 saturated heterocycles. The first-order valence-electron chi connectivity index (χ1n) is 12.2. The van der Waals surface area contributed by atoms with Crippen LogP contribution in [0, 0.1) is 11.8 Å². The fourth-order valence-electron chi connectivity index (χ4n) is 4.46. The molecule has 6 nitrogen and oxygen atoms in total. The standard InChI is InChI=1S/C25H41N5O/c1-3-26-25(27-13-7-14-29-15-10-21(2)11-16-29)28-19-23-18-24(31)30(20-23)17-12-22-8-5-4-6-9-22/h4-6,8-9,21,23H,3,7,10-20H2,1-2H3,(H2,26,27,28). The molecular formula is C25H41N5O. The van der Waals surface area contributed by atoms with Crippen LogP contribution in [0.25, 0.3) is 0 Å². The van der Waals surface area contributed by atoms with E-state index < -0.39 is 0 Å². The van der Waals surface area contributed by atoms with Crippen molar-refractivity contribution in [3.8, 4) is 0 Å². The van der Waals surface area contributed by atoms with Gasteiger partial charge < -0.3 is 20.4 Å². The van der Waals surface area contributed by atoms with Crippen LogP contribution in [0.15, 0.2) is 35.3 Å². The number of rotatable bonds is 10. The molecule has 1 aromatic carbocycles. The van der Waals surface area contributed by atoms with Crippen LogP contribution < -0.4 is 10.6 Å². The maximum atomic E-state index is 12.4. The summed E-state index contributed by atoms with van der Waals surface area (Å²) in [5.74, 6) is 2.35. The van der Waals surface area contributed by atoms with Gasteiger partial charge in [0.1, 0.15) is 0 Å². The fourth-order valence-corrected chi connectivity index (χ4v) is 4.46. The third kappa shape index (κ3) is 8.17. The summed E-state index contributed by atoms with van der Waals surface area (Å²) in [6, 6.07) is 10.4. The van der Waals surface area contributed by atoms with E-state index in [0.717, 1.165) is 57.4 Å². The zero-order chi connectivity index (χ0) is 21.9. The summed E-state index contributed by atoms with van der Waals surface area (Å²) in [6.07, 6.45) is 5.34. The average Bonchev–Trinajstić information content (AvgIpc) is 3.15. The van der Waals surface area contributed by atoms with E-state index in [1.165, 1.54) is 31.5 Å². The zero-order valence-corrected chi connectivity index (χ0v) is 19.5. The molecule has 2 aliphatic heterocycles. The second-order valence-electron chi connectivity index (χ2n) is 9.17. The number of guanidine groups is 1. The fraction of sp³-hybridized carbons (Fsp3) is 0.680. The summed E-state index contributed by atoms with van der Waals surface area (Å²) in [5.41, 5.74) is 1.29. The van der Waals surface area contributed by atoms with Crippen molar-refractivity contribution in [3.05, 3.63) is 35.9 Å². The summed E-state index contributed by atoms with van der Waals surface area (Å²) in [5, 5.41) is 6.82. The first kappa shape index (κ1) is 23.6. The van der Waals surface area contributed by atoms with E-state index in [4.69, 9.17) is 4.99 Å². The number of likely N-dealkylation sites (tertiary alicyclic amines) is 2. The molecule has 0 bridgehead atoms. The number of hydrogen-bond donors (Lipinski definition) is 2. The third-order valence-corrected chi connectivity index (χ3v) is 6.48. The summed E-state index contributed by atoms with van der Waals surface area (Å²) < 4.78 is 0. The van der Waals surface area contributed by atoms with E-state index in [9.17, 15) is 4.79 Å². The van der Waals surface area contributed by atoms with Gasteiger partial charge in [0.2, 0.25) is 5.91 Å². The highest BCUT2D eigenvalue weighted by Crippen LogP contribution is 2.19. The van der Waals surface area contributed by atoms with Gasteiger partial charge in [-0.3, -0.25) is 9.79 Å². The molecule has 0 spiro atoms. The van der Waals surface area contributed by atoms with E-state index >= 15 is 0 Å². The van der Waals surface area contributed by atoms with E-state index in [-0.39, 0.29) is 5.91 Å². The van der Waals surface area contributed by atoms with Crippen LogP contribution >= 0.6 is 0 Å². The average molecular weight is 428 g/mol. The highest BCUT2D eigenvalue weighted by molar-refractivity contribution is 5.80. The molecule has 3 rings (SSSR count). The van der Waals surface area contributed by atoms with Crippen LogP contribution in [0.4, 0.5) is 0 Å². The molecule has 6 heteroatoms. The number of aliphatic imine (C=N–C) groups is 1. The Kier molecular flexibility index (Phi) is 9.66. The Morgan fingerprint density at radius 2 is 1.90 bits per heavy atom. The minimum Gasteiger partial charge on any atom is -0.357 e. The Labute approximate surface area is 188 Å². The van der Waals surface area contributed by atoms with E-state index in [2.05, 4.69) is 53.6 Å². The summed E-state index contributed by atoms with van der Waals surface area (Å²) in [7, 11) is 0. The van der Waals surface area contributed by atoms with Crippen molar-refractivity contribution >= 4 is 11.9 Å². The molecule has 2 aliphatic rings. The van der Waals surface area contributed by atoms with Crippen molar-refractivity contribution in [1.82, 2.24) is 20.4 Å². The van der Waals surface area contributed by atoms with E-state index in [1.807, 2.05) is 11.0 Å². The lowest BCUT2D eigenvalue weighted by molar-refractivity contribution is -0.127. The summed E-state index contributed by atoms with van der Waals surface area (Å²) in [4.78, 5) is 21.8.